The fourth-order valence-corrected chi connectivity index (χ4v) is 1.36. The van der Waals surface area contributed by atoms with Crippen LogP contribution in [0, 0.1) is 5.92 Å². The van der Waals surface area contributed by atoms with Gasteiger partial charge in [0.2, 0.25) is 5.88 Å². The maximum atomic E-state index is 5.78. The SMILES string of the molecule is CC(C)COc1nc(C2CC2)nc(N)c1N. The molecule has 1 saturated carbocycles. The van der Waals surface area contributed by atoms with E-state index in [4.69, 9.17) is 16.2 Å². The average molecular weight is 222 g/mol. The Kier molecular flexibility index (Phi) is 2.85. The first-order chi connectivity index (χ1) is 7.58. The number of nitrogens with zero attached hydrogens (tertiary/aromatic N) is 2. The van der Waals surface area contributed by atoms with Gasteiger partial charge in [-0.25, -0.2) is 4.98 Å². The third kappa shape index (κ3) is 2.35. The third-order valence-corrected chi connectivity index (χ3v) is 2.45. The summed E-state index contributed by atoms with van der Waals surface area (Å²) >= 11 is 0. The van der Waals surface area contributed by atoms with E-state index in [0.29, 0.717) is 35.8 Å². The molecule has 0 amide bonds. The molecule has 0 saturated heterocycles. The highest BCUT2D eigenvalue weighted by Gasteiger charge is 2.28. The van der Waals surface area contributed by atoms with Gasteiger partial charge in [-0.1, -0.05) is 13.8 Å². The van der Waals surface area contributed by atoms with E-state index in [1.165, 1.54) is 0 Å². The second-order valence-corrected chi connectivity index (χ2v) is 4.66. The molecule has 0 atom stereocenters. The summed E-state index contributed by atoms with van der Waals surface area (Å²) in [6.07, 6.45) is 2.26. The van der Waals surface area contributed by atoms with E-state index in [0.717, 1.165) is 18.7 Å². The van der Waals surface area contributed by atoms with Crippen LogP contribution >= 0.6 is 0 Å². The lowest BCUT2D eigenvalue weighted by molar-refractivity contribution is 0.262. The van der Waals surface area contributed by atoms with Crippen LogP contribution in [0.2, 0.25) is 0 Å². The van der Waals surface area contributed by atoms with E-state index in [9.17, 15) is 0 Å². The van der Waals surface area contributed by atoms with Gasteiger partial charge in [-0.05, 0) is 18.8 Å². The standard InChI is InChI=1S/C11H18N4O/c1-6(2)5-16-11-8(12)9(13)14-10(15-11)7-3-4-7/h6-7H,3-5,12H2,1-2H3,(H2,13,14,15). The second-order valence-electron chi connectivity index (χ2n) is 4.66. The molecule has 5 heteroatoms. The summed E-state index contributed by atoms with van der Waals surface area (Å²) < 4.78 is 5.54. The fraction of sp³-hybridized carbons (Fsp3) is 0.636. The van der Waals surface area contributed by atoms with Gasteiger partial charge in [0.15, 0.2) is 5.82 Å². The van der Waals surface area contributed by atoms with Gasteiger partial charge < -0.3 is 16.2 Å². The maximum absolute atomic E-state index is 5.78. The van der Waals surface area contributed by atoms with E-state index in [-0.39, 0.29) is 0 Å². The predicted molar refractivity (Wildman–Crippen MR) is 63.2 cm³/mol. The molecule has 0 radical (unpaired) electrons. The Balaban J connectivity index is 2.20. The zero-order valence-electron chi connectivity index (χ0n) is 9.73. The lowest BCUT2D eigenvalue weighted by Gasteiger charge is -2.12. The molecule has 16 heavy (non-hydrogen) atoms. The number of aromatic nitrogens is 2. The first-order valence-electron chi connectivity index (χ1n) is 5.63. The molecule has 1 aromatic heterocycles. The molecule has 5 nitrogen and oxygen atoms in total. The number of anilines is 2. The van der Waals surface area contributed by atoms with E-state index in [1.54, 1.807) is 0 Å². The Morgan fingerprint density at radius 3 is 2.56 bits per heavy atom. The minimum atomic E-state index is 0.329. The van der Waals surface area contributed by atoms with E-state index >= 15 is 0 Å². The van der Waals surface area contributed by atoms with Crippen molar-refractivity contribution < 1.29 is 4.74 Å². The monoisotopic (exact) mass is 222 g/mol. The van der Waals surface area contributed by atoms with Crippen molar-refractivity contribution in [3.05, 3.63) is 5.82 Å². The summed E-state index contributed by atoms with van der Waals surface area (Å²) in [5.74, 6) is 2.41. The smallest absolute Gasteiger partial charge is 0.242 e. The number of rotatable bonds is 4. The van der Waals surface area contributed by atoms with Crippen LogP contribution < -0.4 is 16.2 Å². The van der Waals surface area contributed by atoms with Crippen LogP contribution in [0.4, 0.5) is 11.5 Å². The van der Waals surface area contributed by atoms with Gasteiger partial charge in [0.05, 0.1) is 6.61 Å². The number of nitrogens with two attached hydrogens (primary N) is 2. The van der Waals surface area contributed by atoms with Crippen molar-refractivity contribution in [2.24, 2.45) is 5.92 Å². The molecule has 0 unspecified atom stereocenters. The molecule has 0 bridgehead atoms. The molecular weight excluding hydrogens is 204 g/mol. The van der Waals surface area contributed by atoms with E-state index in [2.05, 4.69) is 23.8 Å². The first-order valence-corrected chi connectivity index (χ1v) is 5.63. The molecular formula is C11H18N4O. The third-order valence-electron chi connectivity index (χ3n) is 2.45. The minimum Gasteiger partial charge on any atom is -0.476 e. The van der Waals surface area contributed by atoms with Gasteiger partial charge in [0, 0.05) is 5.92 Å². The Morgan fingerprint density at radius 1 is 1.31 bits per heavy atom. The first kappa shape index (κ1) is 11.0. The molecule has 1 heterocycles. The van der Waals surface area contributed by atoms with Crippen LogP contribution in [-0.2, 0) is 0 Å². The molecule has 1 aliphatic carbocycles. The zero-order valence-corrected chi connectivity index (χ0v) is 9.73. The van der Waals surface area contributed by atoms with E-state index in [1.807, 2.05) is 0 Å². The van der Waals surface area contributed by atoms with Gasteiger partial charge in [-0.2, -0.15) is 4.98 Å². The summed E-state index contributed by atoms with van der Waals surface area (Å²) in [7, 11) is 0. The number of ether oxygens (including phenoxy) is 1. The largest absolute Gasteiger partial charge is 0.476 e. The molecule has 0 spiro atoms. The fourth-order valence-electron chi connectivity index (χ4n) is 1.36. The number of hydrogen-bond acceptors (Lipinski definition) is 5. The lowest BCUT2D eigenvalue weighted by atomic mass is 10.2. The quantitative estimate of drug-likeness (QED) is 0.807. The molecule has 0 aliphatic heterocycles. The van der Waals surface area contributed by atoms with Crippen LogP contribution in [-0.4, -0.2) is 16.6 Å². The van der Waals surface area contributed by atoms with Crippen LogP contribution in [0.3, 0.4) is 0 Å². The minimum absolute atomic E-state index is 0.329. The highest BCUT2D eigenvalue weighted by molar-refractivity contribution is 5.64. The van der Waals surface area contributed by atoms with Gasteiger partial charge in [-0.15, -0.1) is 0 Å². The van der Waals surface area contributed by atoms with Crippen molar-refractivity contribution in [1.82, 2.24) is 9.97 Å². The van der Waals surface area contributed by atoms with Crippen molar-refractivity contribution in [2.45, 2.75) is 32.6 Å². The highest BCUT2D eigenvalue weighted by atomic mass is 16.5. The van der Waals surface area contributed by atoms with Gasteiger partial charge in [-0.3, -0.25) is 0 Å². The highest BCUT2D eigenvalue weighted by Crippen LogP contribution is 2.40. The van der Waals surface area contributed by atoms with Crippen molar-refractivity contribution in [3.63, 3.8) is 0 Å². The predicted octanol–water partition coefficient (Wildman–Crippen LogP) is 1.55. The van der Waals surface area contributed by atoms with Crippen LogP contribution in [0.5, 0.6) is 5.88 Å². The molecule has 1 aromatic rings. The Morgan fingerprint density at radius 2 is 2.00 bits per heavy atom. The number of hydrogen-bond donors (Lipinski definition) is 2. The molecule has 0 aromatic carbocycles. The lowest BCUT2D eigenvalue weighted by Crippen LogP contribution is -2.11. The average Bonchev–Trinajstić information content (AvgIpc) is 3.03. The van der Waals surface area contributed by atoms with Crippen LogP contribution in [0.1, 0.15) is 38.4 Å². The van der Waals surface area contributed by atoms with Crippen molar-refractivity contribution in [3.8, 4) is 5.88 Å². The van der Waals surface area contributed by atoms with Crippen LogP contribution in [0.15, 0.2) is 0 Å². The Hall–Kier alpha value is -1.52. The molecule has 1 aliphatic rings. The molecule has 2 rings (SSSR count). The van der Waals surface area contributed by atoms with E-state index < -0.39 is 0 Å². The van der Waals surface area contributed by atoms with Gasteiger partial charge >= 0.3 is 0 Å². The van der Waals surface area contributed by atoms with Crippen molar-refractivity contribution in [1.29, 1.82) is 0 Å². The topological polar surface area (TPSA) is 87.0 Å². The summed E-state index contributed by atoms with van der Waals surface area (Å²) in [6.45, 7) is 4.73. The second kappa shape index (κ2) is 4.15. The van der Waals surface area contributed by atoms with Crippen molar-refractivity contribution in [2.75, 3.05) is 18.1 Å². The molecule has 1 fully saturated rings. The maximum Gasteiger partial charge on any atom is 0.242 e. The van der Waals surface area contributed by atoms with Crippen molar-refractivity contribution >= 4 is 11.5 Å². The Labute approximate surface area is 95.2 Å². The summed E-state index contributed by atoms with van der Waals surface area (Å²) in [4.78, 5) is 8.51. The summed E-state index contributed by atoms with van der Waals surface area (Å²) in [5, 5.41) is 0. The van der Waals surface area contributed by atoms with Crippen LogP contribution in [0.25, 0.3) is 0 Å². The zero-order chi connectivity index (χ0) is 11.7. The summed E-state index contributed by atoms with van der Waals surface area (Å²) in [6, 6.07) is 0. The summed E-state index contributed by atoms with van der Waals surface area (Å²) in [5.41, 5.74) is 11.9. The Bertz CT molecular complexity index is 388. The van der Waals surface area contributed by atoms with Gasteiger partial charge in [0.1, 0.15) is 11.5 Å². The molecule has 4 N–H and O–H groups in total. The normalized spacial score (nSPS) is 15.4. The molecule has 88 valence electrons. The number of nitrogen functional groups attached to an aromatic ring is 2. The van der Waals surface area contributed by atoms with Gasteiger partial charge in [0.25, 0.3) is 0 Å².